The summed E-state index contributed by atoms with van der Waals surface area (Å²) in [5.41, 5.74) is 7.63. The second-order valence-electron chi connectivity index (χ2n) is 4.42. The van der Waals surface area contributed by atoms with Gasteiger partial charge in [-0.15, -0.1) is 12.4 Å². The lowest BCUT2D eigenvalue weighted by Crippen LogP contribution is -2.28. The molecule has 1 aromatic carbocycles. The SMILES string of the molecule is Cc1ccc(O)c([C@H](N)[C@H](O)C2CC2)c1.Cl. The minimum atomic E-state index is -0.530. The molecule has 2 rings (SSSR count). The maximum Gasteiger partial charge on any atom is 0.120 e. The summed E-state index contributed by atoms with van der Waals surface area (Å²) in [6, 6.07) is 4.82. The van der Waals surface area contributed by atoms with Gasteiger partial charge < -0.3 is 15.9 Å². The van der Waals surface area contributed by atoms with Gasteiger partial charge in [-0.3, -0.25) is 0 Å². The van der Waals surface area contributed by atoms with Crippen LogP contribution < -0.4 is 5.73 Å². The maximum atomic E-state index is 9.89. The highest BCUT2D eigenvalue weighted by atomic mass is 35.5. The fourth-order valence-electron chi connectivity index (χ4n) is 1.86. The standard InChI is InChI=1S/C12H17NO2.ClH/c1-7-2-5-10(14)9(6-7)11(13)12(15)8-3-4-8;/h2,5-6,8,11-12,14-15H,3-4,13H2,1H3;1H/t11-,12+;/m0./s1. The predicted octanol–water partition coefficient (Wildman–Crippen LogP) is 1.89. The van der Waals surface area contributed by atoms with E-state index in [1.165, 1.54) is 0 Å². The van der Waals surface area contributed by atoms with Crippen molar-refractivity contribution in [3.63, 3.8) is 0 Å². The minimum absolute atomic E-state index is 0. The number of rotatable bonds is 3. The second-order valence-corrected chi connectivity index (χ2v) is 4.42. The Labute approximate surface area is 102 Å². The summed E-state index contributed by atoms with van der Waals surface area (Å²) in [6.07, 6.45) is 1.56. The van der Waals surface area contributed by atoms with Gasteiger partial charge in [-0.1, -0.05) is 17.7 Å². The van der Waals surface area contributed by atoms with E-state index in [1.807, 2.05) is 19.1 Å². The zero-order chi connectivity index (χ0) is 11.0. The van der Waals surface area contributed by atoms with E-state index in [4.69, 9.17) is 5.73 Å². The molecule has 1 aliphatic rings. The van der Waals surface area contributed by atoms with Crippen LogP contribution in [0.4, 0.5) is 0 Å². The Bertz CT molecular complexity index is 366. The lowest BCUT2D eigenvalue weighted by atomic mass is 9.97. The molecule has 0 aliphatic heterocycles. The van der Waals surface area contributed by atoms with E-state index < -0.39 is 12.1 Å². The molecule has 4 heteroatoms. The molecule has 1 aromatic rings. The third-order valence-electron chi connectivity index (χ3n) is 3.02. The number of aliphatic hydroxyl groups is 1. The van der Waals surface area contributed by atoms with Crippen LogP contribution in [0, 0.1) is 12.8 Å². The molecule has 0 heterocycles. The average molecular weight is 244 g/mol. The first kappa shape index (κ1) is 13.3. The van der Waals surface area contributed by atoms with Crippen molar-refractivity contribution in [3.05, 3.63) is 29.3 Å². The molecular weight excluding hydrogens is 226 g/mol. The van der Waals surface area contributed by atoms with Crippen LogP contribution in [0.1, 0.15) is 30.0 Å². The molecule has 0 aromatic heterocycles. The summed E-state index contributed by atoms with van der Waals surface area (Å²) < 4.78 is 0. The summed E-state index contributed by atoms with van der Waals surface area (Å²) in [5.74, 6) is 0.493. The summed E-state index contributed by atoms with van der Waals surface area (Å²) >= 11 is 0. The van der Waals surface area contributed by atoms with Crippen molar-refractivity contribution in [1.29, 1.82) is 0 Å². The van der Waals surface area contributed by atoms with Gasteiger partial charge >= 0.3 is 0 Å². The topological polar surface area (TPSA) is 66.5 Å². The minimum Gasteiger partial charge on any atom is -0.508 e. The third kappa shape index (κ3) is 2.67. The molecule has 4 N–H and O–H groups in total. The van der Waals surface area contributed by atoms with Crippen molar-refractivity contribution in [2.45, 2.75) is 31.9 Å². The monoisotopic (exact) mass is 243 g/mol. The van der Waals surface area contributed by atoms with Crippen LogP contribution in [0.3, 0.4) is 0 Å². The van der Waals surface area contributed by atoms with Gasteiger partial charge in [0.05, 0.1) is 12.1 Å². The van der Waals surface area contributed by atoms with Crippen LogP contribution in [0.15, 0.2) is 18.2 Å². The van der Waals surface area contributed by atoms with E-state index in [2.05, 4.69) is 0 Å². The van der Waals surface area contributed by atoms with Crippen LogP contribution in [0.2, 0.25) is 0 Å². The first-order chi connectivity index (χ1) is 7.09. The molecule has 1 fully saturated rings. The van der Waals surface area contributed by atoms with Crippen LogP contribution in [0.5, 0.6) is 5.75 Å². The molecule has 90 valence electrons. The Hall–Kier alpha value is -0.770. The zero-order valence-corrected chi connectivity index (χ0v) is 10.1. The molecular formula is C12H18ClNO2. The molecule has 0 spiro atoms. The van der Waals surface area contributed by atoms with E-state index >= 15 is 0 Å². The van der Waals surface area contributed by atoms with Gasteiger partial charge in [0.1, 0.15) is 5.75 Å². The predicted molar refractivity (Wildman–Crippen MR) is 65.8 cm³/mol. The Morgan fingerprint density at radius 3 is 2.56 bits per heavy atom. The molecule has 16 heavy (non-hydrogen) atoms. The third-order valence-corrected chi connectivity index (χ3v) is 3.02. The van der Waals surface area contributed by atoms with Crippen LogP contribution >= 0.6 is 12.4 Å². The van der Waals surface area contributed by atoms with E-state index in [1.54, 1.807) is 6.07 Å². The highest BCUT2D eigenvalue weighted by molar-refractivity contribution is 5.85. The van der Waals surface area contributed by atoms with Crippen molar-refractivity contribution < 1.29 is 10.2 Å². The van der Waals surface area contributed by atoms with Crippen molar-refractivity contribution in [1.82, 2.24) is 0 Å². The summed E-state index contributed by atoms with van der Waals surface area (Å²) in [6.45, 7) is 1.94. The Morgan fingerprint density at radius 2 is 2.00 bits per heavy atom. The Balaban J connectivity index is 0.00000128. The van der Waals surface area contributed by atoms with Crippen LogP contribution in [0.25, 0.3) is 0 Å². The van der Waals surface area contributed by atoms with Crippen LogP contribution in [-0.2, 0) is 0 Å². The fraction of sp³-hybridized carbons (Fsp3) is 0.500. The molecule has 2 atom stereocenters. The van der Waals surface area contributed by atoms with Gasteiger partial charge in [0.25, 0.3) is 0 Å². The maximum absolute atomic E-state index is 9.89. The van der Waals surface area contributed by atoms with E-state index in [0.717, 1.165) is 18.4 Å². The smallest absolute Gasteiger partial charge is 0.120 e. The van der Waals surface area contributed by atoms with Gasteiger partial charge in [-0.2, -0.15) is 0 Å². The quantitative estimate of drug-likeness (QED) is 0.760. The van der Waals surface area contributed by atoms with Crippen LogP contribution in [-0.4, -0.2) is 16.3 Å². The van der Waals surface area contributed by atoms with Gasteiger partial charge in [0, 0.05) is 5.56 Å². The van der Waals surface area contributed by atoms with E-state index in [9.17, 15) is 10.2 Å². The van der Waals surface area contributed by atoms with Crippen molar-refractivity contribution >= 4 is 12.4 Å². The van der Waals surface area contributed by atoms with Crippen molar-refractivity contribution in [2.24, 2.45) is 11.7 Å². The second kappa shape index (κ2) is 5.04. The molecule has 0 amide bonds. The van der Waals surface area contributed by atoms with Gasteiger partial charge in [0.15, 0.2) is 0 Å². The first-order valence-electron chi connectivity index (χ1n) is 5.33. The lowest BCUT2D eigenvalue weighted by molar-refractivity contribution is 0.121. The van der Waals surface area contributed by atoms with Gasteiger partial charge in [0.2, 0.25) is 0 Å². The number of aliphatic hydroxyl groups excluding tert-OH is 1. The highest BCUT2D eigenvalue weighted by Crippen LogP contribution is 2.38. The lowest BCUT2D eigenvalue weighted by Gasteiger charge is -2.20. The normalized spacial score (nSPS) is 18.7. The Morgan fingerprint density at radius 1 is 1.38 bits per heavy atom. The zero-order valence-electron chi connectivity index (χ0n) is 9.26. The fourth-order valence-corrected chi connectivity index (χ4v) is 1.86. The van der Waals surface area contributed by atoms with Gasteiger partial charge in [-0.05, 0) is 31.7 Å². The van der Waals surface area contributed by atoms with Crippen molar-refractivity contribution in [3.8, 4) is 5.75 Å². The number of phenols is 1. The molecule has 0 radical (unpaired) electrons. The number of nitrogens with two attached hydrogens (primary N) is 1. The van der Waals surface area contributed by atoms with E-state index in [-0.39, 0.29) is 18.2 Å². The average Bonchev–Trinajstić information content (AvgIpc) is 3.03. The molecule has 3 nitrogen and oxygen atoms in total. The van der Waals surface area contributed by atoms with Crippen molar-refractivity contribution in [2.75, 3.05) is 0 Å². The molecule has 0 unspecified atom stereocenters. The molecule has 0 bridgehead atoms. The molecule has 1 aliphatic carbocycles. The highest BCUT2D eigenvalue weighted by Gasteiger charge is 2.35. The van der Waals surface area contributed by atoms with Gasteiger partial charge in [-0.25, -0.2) is 0 Å². The number of aryl methyl sites for hydroxylation is 1. The first-order valence-corrected chi connectivity index (χ1v) is 5.33. The number of hydrogen-bond acceptors (Lipinski definition) is 3. The largest absolute Gasteiger partial charge is 0.508 e. The summed E-state index contributed by atoms with van der Waals surface area (Å²) in [4.78, 5) is 0. The molecule has 0 saturated heterocycles. The summed E-state index contributed by atoms with van der Waals surface area (Å²) in [5, 5.41) is 19.6. The number of halogens is 1. The van der Waals surface area contributed by atoms with E-state index in [0.29, 0.717) is 11.5 Å². The summed E-state index contributed by atoms with van der Waals surface area (Å²) in [7, 11) is 0. The number of phenolic OH excluding ortho intramolecular Hbond substituents is 1. The number of hydrogen-bond donors (Lipinski definition) is 3. The Kier molecular flexibility index (Phi) is 4.19. The number of benzene rings is 1. The molecule has 1 saturated carbocycles. The number of aromatic hydroxyl groups is 1.